The number of hydrazine groups is 1. The third-order valence-corrected chi connectivity index (χ3v) is 3.52. The van der Waals surface area contributed by atoms with E-state index in [1.807, 2.05) is 6.92 Å². The highest BCUT2D eigenvalue weighted by Gasteiger charge is 2.16. The second-order valence-electron chi connectivity index (χ2n) is 3.47. The van der Waals surface area contributed by atoms with Crippen molar-refractivity contribution in [1.29, 1.82) is 0 Å². The number of methoxy groups -OCH3 is 1. The Bertz CT molecular complexity index is 275. The molecule has 0 aliphatic carbocycles. The standard InChI is InChI=1S/C10H18N2OS/c1-7-4-5-14-10(7)9(12-11)6-8(2)13-3/h4-5,8-9,12H,6,11H2,1-3H3. The van der Waals surface area contributed by atoms with Gasteiger partial charge in [-0.05, 0) is 37.3 Å². The number of aryl methyl sites for hydroxylation is 1. The highest BCUT2D eigenvalue weighted by Crippen LogP contribution is 2.26. The fourth-order valence-electron chi connectivity index (χ4n) is 1.42. The zero-order valence-electron chi connectivity index (χ0n) is 8.91. The third kappa shape index (κ3) is 2.78. The number of hydrogen-bond donors (Lipinski definition) is 2. The van der Waals surface area contributed by atoms with Crippen molar-refractivity contribution in [3.8, 4) is 0 Å². The van der Waals surface area contributed by atoms with E-state index in [-0.39, 0.29) is 12.1 Å². The Morgan fingerprint density at radius 3 is 2.79 bits per heavy atom. The molecule has 3 N–H and O–H groups in total. The molecular formula is C10H18N2OS. The SMILES string of the molecule is COC(C)CC(NN)c1sccc1C. The molecule has 2 atom stereocenters. The van der Waals surface area contributed by atoms with Gasteiger partial charge in [-0.15, -0.1) is 11.3 Å². The topological polar surface area (TPSA) is 47.3 Å². The lowest BCUT2D eigenvalue weighted by Gasteiger charge is -2.19. The molecule has 0 aliphatic rings. The summed E-state index contributed by atoms with van der Waals surface area (Å²) in [7, 11) is 1.72. The molecule has 0 aliphatic heterocycles. The fourth-order valence-corrected chi connectivity index (χ4v) is 2.42. The molecule has 1 aromatic heterocycles. The number of rotatable bonds is 5. The largest absolute Gasteiger partial charge is 0.382 e. The first-order valence-electron chi connectivity index (χ1n) is 4.72. The molecule has 0 spiro atoms. The van der Waals surface area contributed by atoms with Crippen molar-refractivity contribution < 1.29 is 4.74 Å². The van der Waals surface area contributed by atoms with Crippen molar-refractivity contribution in [2.45, 2.75) is 32.4 Å². The molecule has 14 heavy (non-hydrogen) atoms. The van der Waals surface area contributed by atoms with Gasteiger partial charge in [0.25, 0.3) is 0 Å². The van der Waals surface area contributed by atoms with Gasteiger partial charge in [0.2, 0.25) is 0 Å². The van der Waals surface area contributed by atoms with Crippen molar-refractivity contribution >= 4 is 11.3 Å². The van der Waals surface area contributed by atoms with Crippen molar-refractivity contribution in [3.05, 3.63) is 21.9 Å². The summed E-state index contributed by atoms with van der Waals surface area (Å²) in [6.45, 7) is 4.15. The van der Waals surface area contributed by atoms with Gasteiger partial charge in [-0.25, -0.2) is 0 Å². The maximum Gasteiger partial charge on any atom is 0.0580 e. The minimum absolute atomic E-state index is 0.199. The monoisotopic (exact) mass is 214 g/mol. The molecule has 80 valence electrons. The van der Waals surface area contributed by atoms with Crippen molar-refractivity contribution in [2.75, 3.05) is 7.11 Å². The van der Waals surface area contributed by atoms with Crippen LogP contribution >= 0.6 is 11.3 Å². The van der Waals surface area contributed by atoms with Crippen LogP contribution in [0.15, 0.2) is 11.4 Å². The van der Waals surface area contributed by atoms with Crippen LogP contribution in [0.4, 0.5) is 0 Å². The molecule has 0 bridgehead atoms. The summed E-state index contributed by atoms with van der Waals surface area (Å²) in [4.78, 5) is 1.30. The summed E-state index contributed by atoms with van der Waals surface area (Å²) in [6.07, 6.45) is 1.12. The maximum atomic E-state index is 5.54. The van der Waals surface area contributed by atoms with Gasteiger partial charge in [-0.3, -0.25) is 11.3 Å². The molecule has 1 aromatic rings. The first-order chi connectivity index (χ1) is 6.69. The summed E-state index contributed by atoms with van der Waals surface area (Å²) in [5, 5.41) is 2.09. The second-order valence-corrected chi connectivity index (χ2v) is 4.42. The number of thiophene rings is 1. The van der Waals surface area contributed by atoms with E-state index in [0.29, 0.717) is 0 Å². The molecular weight excluding hydrogens is 196 g/mol. The van der Waals surface area contributed by atoms with Crippen molar-refractivity contribution in [1.82, 2.24) is 5.43 Å². The Labute approximate surface area is 89.2 Å². The molecule has 0 amide bonds. The Morgan fingerprint density at radius 2 is 2.36 bits per heavy atom. The third-order valence-electron chi connectivity index (χ3n) is 2.39. The maximum absolute atomic E-state index is 5.54. The summed E-state index contributed by atoms with van der Waals surface area (Å²) in [5.74, 6) is 5.54. The Balaban J connectivity index is 2.67. The first-order valence-corrected chi connectivity index (χ1v) is 5.60. The summed E-state index contributed by atoms with van der Waals surface area (Å²) < 4.78 is 5.23. The van der Waals surface area contributed by atoms with Gasteiger partial charge < -0.3 is 4.74 Å². The van der Waals surface area contributed by atoms with Gasteiger partial charge >= 0.3 is 0 Å². The quantitative estimate of drug-likeness (QED) is 0.582. The van der Waals surface area contributed by atoms with Crippen LogP contribution in [0.1, 0.15) is 29.8 Å². The molecule has 1 rings (SSSR count). The lowest BCUT2D eigenvalue weighted by atomic mass is 10.1. The van der Waals surface area contributed by atoms with Gasteiger partial charge in [0.15, 0.2) is 0 Å². The second kappa shape index (κ2) is 5.46. The first kappa shape index (κ1) is 11.7. The minimum atomic E-state index is 0.199. The molecule has 0 aromatic carbocycles. The molecule has 0 saturated heterocycles. The van der Waals surface area contributed by atoms with E-state index in [2.05, 4.69) is 23.8 Å². The highest BCUT2D eigenvalue weighted by atomic mass is 32.1. The van der Waals surface area contributed by atoms with Crippen LogP contribution in [-0.2, 0) is 4.74 Å². The smallest absolute Gasteiger partial charge is 0.0580 e. The van der Waals surface area contributed by atoms with Crippen LogP contribution in [0.5, 0.6) is 0 Å². The predicted molar refractivity (Wildman–Crippen MR) is 60.2 cm³/mol. The molecule has 0 fully saturated rings. The van der Waals surface area contributed by atoms with E-state index in [1.165, 1.54) is 10.4 Å². The minimum Gasteiger partial charge on any atom is -0.382 e. The summed E-state index contributed by atoms with van der Waals surface area (Å²) >= 11 is 1.74. The van der Waals surface area contributed by atoms with E-state index in [0.717, 1.165) is 6.42 Å². The van der Waals surface area contributed by atoms with Gasteiger partial charge in [0.05, 0.1) is 12.1 Å². The lowest BCUT2D eigenvalue weighted by molar-refractivity contribution is 0.101. The lowest BCUT2D eigenvalue weighted by Crippen LogP contribution is -2.30. The van der Waals surface area contributed by atoms with E-state index in [1.54, 1.807) is 18.4 Å². The Kier molecular flexibility index (Phi) is 4.54. The number of hydrogen-bond acceptors (Lipinski definition) is 4. The van der Waals surface area contributed by atoms with Crippen LogP contribution in [0.3, 0.4) is 0 Å². The normalized spacial score (nSPS) is 15.4. The fraction of sp³-hybridized carbons (Fsp3) is 0.600. The Hall–Kier alpha value is -0.420. The number of nitrogens with two attached hydrogens (primary N) is 1. The van der Waals surface area contributed by atoms with Gasteiger partial charge in [-0.2, -0.15) is 0 Å². The van der Waals surface area contributed by atoms with E-state index >= 15 is 0 Å². The summed E-state index contributed by atoms with van der Waals surface area (Å²) in [5.41, 5.74) is 4.13. The zero-order chi connectivity index (χ0) is 10.6. The molecule has 1 heterocycles. The van der Waals surface area contributed by atoms with E-state index in [4.69, 9.17) is 10.6 Å². The molecule has 3 nitrogen and oxygen atoms in total. The predicted octanol–water partition coefficient (Wildman–Crippen LogP) is 1.99. The number of nitrogens with one attached hydrogen (secondary N) is 1. The summed E-state index contributed by atoms with van der Waals surface area (Å²) in [6, 6.07) is 2.31. The van der Waals surface area contributed by atoms with Crippen molar-refractivity contribution in [2.24, 2.45) is 5.84 Å². The van der Waals surface area contributed by atoms with Crippen LogP contribution in [0, 0.1) is 6.92 Å². The van der Waals surface area contributed by atoms with Crippen molar-refractivity contribution in [3.63, 3.8) is 0 Å². The van der Waals surface area contributed by atoms with E-state index in [9.17, 15) is 0 Å². The van der Waals surface area contributed by atoms with E-state index < -0.39 is 0 Å². The van der Waals surface area contributed by atoms with Gasteiger partial charge in [-0.1, -0.05) is 0 Å². The number of ether oxygens (including phenoxy) is 1. The zero-order valence-corrected chi connectivity index (χ0v) is 9.73. The van der Waals surface area contributed by atoms with Crippen LogP contribution < -0.4 is 11.3 Å². The van der Waals surface area contributed by atoms with Gasteiger partial charge in [0.1, 0.15) is 0 Å². The van der Waals surface area contributed by atoms with Crippen LogP contribution in [0.25, 0.3) is 0 Å². The van der Waals surface area contributed by atoms with Crippen LogP contribution in [0.2, 0.25) is 0 Å². The molecule has 0 radical (unpaired) electrons. The molecule has 2 unspecified atom stereocenters. The average molecular weight is 214 g/mol. The highest BCUT2D eigenvalue weighted by molar-refractivity contribution is 7.10. The van der Waals surface area contributed by atoms with Crippen LogP contribution in [-0.4, -0.2) is 13.2 Å². The average Bonchev–Trinajstić information content (AvgIpc) is 2.60. The Morgan fingerprint density at radius 1 is 1.64 bits per heavy atom. The molecule has 0 saturated carbocycles. The van der Waals surface area contributed by atoms with Gasteiger partial charge in [0, 0.05) is 12.0 Å². The molecule has 4 heteroatoms.